The number of rotatable bonds is 8. The molecule has 0 amide bonds. The number of aromatic nitrogens is 2. The van der Waals surface area contributed by atoms with Gasteiger partial charge >= 0.3 is 0 Å². The van der Waals surface area contributed by atoms with E-state index in [1.165, 1.54) is 18.2 Å². The monoisotopic (exact) mass is 493 g/mol. The highest BCUT2D eigenvalue weighted by atomic mass is 32.2. The molecule has 3 aromatic rings. The lowest BCUT2D eigenvalue weighted by Gasteiger charge is -2.27. The Morgan fingerprint density at radius 2 is 1.91 bits per heavy atom. The molecule has 0 radical (unpaired) electrons. The van der Waals surface area contributed by atoms with Gasteiger partial charge in [0.2, 0.25) is 0 Å². The SMILES string of the molecule is O=C(c1ccc2ncc(N3CCOCC3)nc2c1)c1c(F)c(F)cc(CCCNS(=O)[O-])c1F. The molecule has 8 nitrogen and oxygen atoms in total. The van der Waals surface area contributed by atoms with Gasteiger partial charge in [0.1, 0.15) is 11.6 Å². The maximum atomic E-state index is 15.0. The van der Waals surface area contributed by atoms with Crippen molar-refractivity contribution in [1.82, 2.24) is 14.7 Å². The van der Waals surface area contributed by atoms with Crippen molar-refractivity contribution < 1.29 is 31.5 Å². The molecular formula is C22H20F3N4O4S-. The minimum absolute atomic E-state index is 0.0212. The Balaban J connectivity index is 1.64. The summed E-state index contributed by atoms with van der Waals surface area (Å²) in [5.41, 5.74) is -0.469. The van der Waals surface area contributed by atoms with Gasteiger partial charge in [-0.05, 0) is 42.7 Å². The van der Waals surface area contributed by atoms with E-state index >= 15 is 4.39 Å². The summed E-state index contributed by atoms with van der Waals surface area (Å²) in [5.74, 6) is -4.58. The number of hydrogen-bond donors (Lipinski definition) is 1. The fraction of sp³-hybridized carbons (Fsp3) is 0.318. The molecule has 0 saturated carbocycles. The number of halogens is 3. The lowest BCUT2D eigenvalue weighted by atomic mass is 9.97. The van der Waals surface area contributed by atoms with Crippen molar-refractivity contribution in [2.45, 2.75) is 12.8 Å². The van der Waals surface area contributed by atoms with Crippen molar-refractivity contribution in [2.75, 3.05) is 37.7 Å². The van der Waals surface area contributed by atoms with Crippen LogP contribution < -0.4 is 9.62 Å². The number of carbonyl (C=O) groups is 1. The molecule has 1 saturated heterocycles. The molecule has 1 atom stereocenters. The second kappa shape index (κ2) is 10.6. The molecule has 4 rings (SSSR count). The molecule has 1 N–H and O–H groups in total. The van der Waals surface area contributed by atoms with Crippen molar-refractivity contribution in [2.24, 2.45) is 0 Å². The lowest BCUT2D eigenvalue weighted by molar-refractivity contribution is 0.102. The first-order valence-corrected chi connectivity index (χ1v) is 11.6. The third-order valence-corrected chi connectivity index (χ3v) is 5.87. The van der Waals surface area contributed by atoms with Crippen LogP contribution in [0, 0.1) is 17.5 Å². The zero-order chi connectivity index (χ0) is 24.2. The summed E-state index contributed by atoms with van der Waals surface area (Å²) in [5, 5.41) is 0. The van der Waals surface area contributed by atoms with Gasteiger partial charge in [-0.25, -0.2) is 22.9 Å². The summed E-state index contributed by atoms with van der Waals surface area (Å²) < 4.78 is 72.2. The van der Waals surface area contributed by atoms with Crippen LogP contribution in [-0.2, 0) is 22.4 Å². The van der Waals surface area contributed by atoms with Gasteiger partial charge in [-0.1, -0.05) is 0 Å². The largest absolute Gasteiger partial charge is 0.760 e. The number of carbonyl (C=O) groups excluding carboxylic acids is 1. The van der Waals surface area contributed by atoms with E-state index in [-0.39, 0.29) is 30.5 Å². The zero-order valence-electron chi connectivity index (χ0n) is 17.9. The minimum atomic E-state index is -2.49. The average Bonchev–Trinajstić information content (AvgIpc) is 2.84. The molecule has 2 aromatic carbocycles. The molecule has 12 heteroatoms. The molecule has 2 heterocycles. The average molecular weight is 493 g/mol. The first kappa shape index (κ1) is 24.2. The maximum Gasteiger partial charge on any atom is 0.199 e. The highest BCUT2D eigenvalue weighted by Crippen LogP contribution is 2.26. The second-order valence-electron chi connectivity index (χ2n) is 7.61. The van der Waals surface area contributed by atoms with Crippen molar-refractivity contribution >= 4 is 33.9 Å². The third-order valence-electron chi connectivity index (χ3n) is 5.43. The number of ketones is 1. The summed E-state index contributed by atoms with van der Waals surface area (Å²) >= 11 is -2.49. The number of hydrogen-bond acceptors (Lipinski definition) is 7. The van der Waals surface area contributed by atoms with Gasteiger partial charge < -0.3 is 14.2 Å². The number of aryl methyl sites for hydroxylation is 1. The Labute approximate surface area is 195 Å². The highest BCUT2D eigenvalue weighted by Gasteiger charge is 2.25. The van der Waals surface area contributed by atoms with Crippen LogP contribution in [0.5, 0.6) is 0 Å². The van der Waals surface area contributed by atoms with Gasteiger partial charge in [0.25, 0.3) is 0 Å². The molecule has 0 aliphatic carbocycles. The van der Waals surface area contributed by atoms with E-state index in [0.29, 0.717) is 49.2 Å². The minimum Gasteiger partial charge on any atom is -0.760 e. The van der Waals surface area contributed by atoms with Crippen LogP contribution in [-0.4, -0.2) is 57.4 Å². The Morgan fingerprint density at radius 1 is 1.15 bits per heavy atom. The molecule has 180 valence electrons. The van der Waals surface area contributed by atoms with Gasteiger partial charge in [-0.3, -0.25) is 14.0 Å². The van der Waals surface area contributed by atoms with Crippen LogP contribution in [0.1, 0.15) is 27.9 Å². The topological polar surface area (TPSA) is 107 Å². The molecule has 1 aliphatic heterocycles. The maximum absolute atomic E-state index is 15.0. The van der Waals surface area contributed by atoms with Crippen molar-refractivity contribution in [3.05, 3.63) is 64.6 Å². The van der Waals surface area contributed by atoms with Crippen LogP contribution in [0.4, 0.5) is 19.0 Å². The number of fused-ring (bicyclic) bond motifs is 1. The Bertz CT molecular complexity index is 1250. The molecule has 34 heavy (non-hydrogen) atoms. The van der Waals surface area contributed by atoms with Crippen LogP contribution in [0.25, 0.3) is 11.0 Å². The third kappa shape index (κ3) is 5.25. The van der Waals surface area contributed by atoms with Crippen LogP contribution in [0.2, 0.25) is 0 Å². The highest BCUT2D eigenvalue weighted by molar-refractivity contribution is 7.77. The number of nitrogens with one attached hydrogen (secondary N) is 1. The Hall–Kier alpha value is -2.93. The summed E-state index contributed by atoms with van der Waals surface area (Å²) in [7, 11) is 0. The van der Waals surface area contributed by atoms with Gasteiger partial charge in [-0.15, -0.1) is 0 Å². The van der Waals surface area contributed by atoms with E-state index in [1.54, 1.807) is 6.20 Å². The predicted octanol–water partition coefficient (Wildman–Crippen LogP) is 2.43. The molecule has 0 spiro atoms. The van der Waals surface area contributed by atoms with E-state index in [9.17, 15) is 22.3 Å². The van der Waals surface area contributed by atoms with E-state index < -0.39 is 40.1 Å². The summed E-state index contributed by atoms with van der Waals surface area (Å²) in [6.07, 6.45) is 1.63. The van der Waals surface area contributed by atoms with E-state index in [1.807, 2.05) is 4.90 Å². The molecule has 1 aromatic heterocycles. The van der Waals surface area contributed by atoms with Gasteiger partial charge in [0.15, 0.2) is 17.4 Å². The Morgan fingerprint density at radius 3 is 2.65 bits per heavy atom. The van der Waals surface area contributed by atoms with Gasteiger partial charge in [0, 0.05) is 36.5 Å². The first-order chi connectivity index (χ1) is 16.3. The Kier molecular flexibility index (Phi) is 7.51. The van der Waals surface area contributed by atoms with Crippen LogP contribution in [0.15, 0.2) is 30.5 Å². The number of morpholine rings is 1. The number of ether oxygens (including phenoxy) is 1. The zero-order valence-corrected chi connectivity index (χ0v) is 18.7. The summed E-state index contributed by atoms with van der Waals surface area (Å²) in [6, 6.07) is 4.90. The number of anilines is 1. The molecular weight excluding hydrogens is 473 g/mol. The van der Waals surface area contributed by atoms with Crippen molar-refractivity contribution in [3.63, 3.8) is 0 Å². The molecule has 0 bridgehead atoms. The molecule has 1 fully saturated rings. The van der Waals surface area contributed by atoms with E-state index in [2.05, 4.69) is 14.7 Å². The smallest absolute Gasteiger partial charge is 0.199 e. The molecule has 1 aliphatic rings. The predicted molar refractivity (Wildman–Crippen MR) is 118 cm³/mol. The van der Waals surface area contributed by atoms with Crippen LogP contribution >= 0.6 is 0 Å². The quantitative estimate of drug-likeness (QED) is 0.222. The number of benzene rings is 2. The number of nitrogens with zero attached hydrogens (tertiary/aromatic N) is 3. The van der Waals surface area contributed by atoms with Crippen LogP contribution in [0.3, 0.4) is 0 Å². The first-order valence-electron chi connectivity index (χ1n) is 10.5. The van der Waals surface area contributed by atoms with E-state index in [0.717, 1.165) is 0 Å². The fourth-order valence-electron chi connectivity index (χ4n) is 3.70. The normalized spacial score (nSPS) is 15.0. The van der Waals surface area contributed by atoms with Crippen molar-refractivity contribution in [1.29, 1.82) is 0 Å². The standard InChI is InChI=1S/C22H21F3N4O4S/c23-15-10-13(2-1-5-27-34(31)32)20(24)19(21(15)25)22(30)14-3-4-16-17(11-14)28-18(12-26-16)29-6-8-33-9-7-29/h3-4,10-12,27H,1-2,5-9H2,(H,31,32)/p-1. The van der Waals surface area contributed by atoms with Crippen molar-refractivity contribution in [3.8, 4) is 0 Å². The fourth-order valence-corrected chi connectivity index (χ4v) is 4.01. The summed E-state index contributed by atoms with van der Waals surface area (Å²) in [4.78, 5) is 23.8. The second-order valence-corrected chi connectivity index (χ2v) is 8.37. The summed E-state index contributed by atoms with van der Waals surface area (Å²) in [6.45, 7) is 2.32. The van der Waals surface area contributed by atoms with E-state index in [4.69, 9.17) is 4.74 Å². The van der Waals surface area contributed by atoms with Gasteiger partial charge in [-0.2, -0.15) is 0 Å². The molecule has 1 unspecified atom stereocenters. The van der Waals surface area contributed by atoms with Gasteiger partial charge in [0.05, 0.1) is 36.0 Å². The lowest BCUT2D eigenvalue weighted by Crippen LogP contribution is -2.36.